The molecule has 1 aromatic heterocycles. The van der Waals surface area contributed by atoms with Crippen molar-refractivity contribution >= 4 is 29.2 Å². The van der Waals surface area contributed by atoms with Gasteiger partial charge < -0.3 is 4.90 Å². The molecule has 2 heterocycles. The highest BCUT2D eigenvalue weighted by Gasteiger charge is 2.26. The minimum absolute atomic E-state index is 0.0860. The van der Waals surface area contributed by atoms with Gasteiger partial charge in [0, 0.05) is 29.8 Å². The highest BCUT2D eigenvalue weighted by molar-refractivity contribution is 7.99. The molecule has 2 rings (SSSR count). The van der Waals surface area contributed by atoms with Crippen LogP contribution in [-0.2, 0) is 5.41 Å². The van der Waals surface area contributed by atoms with Crippen molar-refractivity contribution in [3.05, 3.63) is 16.5 Å². The van der Waals surface area contributed by atoms with Crippen LogP contribution >= 0.6 is 23.4 Å². The summed E-state index contributed by atoms with van der Waals surface area (Å²) >= 11 is 8.30. The predicted octanol–water partition coefficient (Wildman–Crippen LogP) is 3.68. The van der Waals surface area contributed by atoms with Crippen LogP contribution in [0.25, 0.3) is 0 Å². The lowest BCUT2D eigenvalue weighted by Crippen LogP contribution is -2.33. The molecule has 0 aromatic carbocycles. The Kier molecular flexibility index (Phi) is 4.31. The molecule has 19 heavy (non-hydrogen) atoms. The highest BCUT2D eigenvalue weighted by atomic mass is 35.5. The van der Waals surface area contributed by atoms with E-state index in [4.69, 9.17) is 16.6 Å². The summed E-state index contributed by atoms with van der Waals surface area (Å²) in [6.45, 7) is 8.35. The van der Waals surface area contributed by atoms with Gasteiger partial charge in [-0.3, -0.25) is 0 Å². The Balaban J connectivity index is 2.40. The molecule has 0 saturated carbocycles. The van der Waals surface area contributed by atoms with E-state index in [1.54, 1.807) is 0 Å². The largest absolute Gasteiger partial charge is 0.355 e. The molecule has 1 fully saturated rings. The van der Waals surface area contributed by atoms with Gasteiger partial charge in [-0.15, -0.1) is 0 Å². The molecule has 0 amide bonds. The first-order valence-corrected chi connectivity index (χ1v) is 8.19. The molecule has 3 nitrogen and oxygen atoms in total. The maximum absolute atomic E-state index is 6.29. The van der Waals surface area contributed by atoms with Crippen molar-refractivity contribution in [1.29, 1.82) is 0 Å². The fourth-order valence-electron chi connectivity index (χ4n) is 2.16. The van der Waals surface area contributed by atoms with Crippen LogP contribution in [0.2, 0.25) is 5.15 Å². The summed E-state index contributed by atoms with van der Waals surface area (Å²) in [6, 6.07) is 0.558. The first-order valence-electron chi connectivity index (χ1n) is 6.66. The number of hydrogen-bond acceptors (Lipinski definition) is 4. The predicted molar refractivity (Wildman–Crippen MR) is 84.6 cm³/mol. The summed E-state index contributed by atoms with van der Waals surface area (Å²) in [5, 5.41) is 0.576. The van der Waals surface area contributed by atoms with Crippen molar-refractivity contribution in [1.82, 2.24) is 9.97 Å². The maximum Gasteiger partial charge on any atom is 0.137 e. The molecule has 0 spiro atoms. The third-order valence-electron chi connectivity index (χ3n) is 3.52. The summed E-state index contributed by atoms with van der Waals surface area (Å²) < 4.78 is 0. The number of nitrogens with zero attached hydrogens (tertiary/aromatic N) is 3. The van der Waals surface area contributed by atoms with Crippen molar-refractivity contribution in [2.75, 3.05) is 23.5 Å². The van der Waals surface area contributed by atoms with E-state index in [-0.39, 0.29) is 5.41 Å². The monoisotopic (exact) mass is 299 g/mol. The first kappa shape index (κ1) is 14.9. The van der Waals surface area contributed by atoms with E-state index in [1.165, 1.54) is 17.9 Å². The Morgan fingerprint density at radius 2 is 2.00 bits per heavy atom. The molecule has 0 radical (unpaired) electrons. The van der Waals surface area contributed by atoms with Crippen LogP contribution in [0.1, 0.15) is 38.6 Å². The van der Waals surface area contributed by atoms with Crippen molar-refractivity contribution in [2.24, 2.45) is 0 Å². The lowest BCUT2D eigenvalue weighted by molar-refractivity contribution is 0.542. The summed E-state index contributed by atoms with van der Waals surface area (Å²) in [5.74, 6) is 4.20. The van der Waals surface area contributed by atoms with Gasteiger partial charge in [-0.1, -0.05) is 32.4 Å². The molecular weight excluding hydrogens is 278 g/mol. The van der Waals surface area contributed by atoms with E-state index in [9.17, 15) is 0 Å². The zero-order valence-electron chi connectivity index (χ0n) is 12.3. The zero-order chi connectivity index (χ0) is 14.2. The fourth-order valence-corrected chi connectivity index (χ4v) is 3.59. The average Bonchev–Trinajstić information content (AvgIpc) is 2.83. The van der Waals surface area contributed by atoms with E-state index in [1.807, 2.05) is 18.7 Å². The number of halogens is 1. The van der Waals surface area contributed by atoms with E-state index in [0.29, 0.717) is 11.2 Å². The number of aromatic nitrogens is 2. The molecule has 1 aliphatic heterocycles. The Hall–Kier alpha value is -0.480. The van der Waals surface area contributed by atoms with E-state index < -0.39 is 0 Å². The normalized spacial score (nSPS) is 19.8. The molecule has 0 bridgehead atoms. The van der Waals surface area contributed by atoms with Gasteiger partial charge >= 0.3 is 0 Å². The number of rotatable bonds is 2. The molecule has 1 unspecified atom stereocenters. The van der Waals surface area contributed by atoms with Crippen LogP contribution in [0.4, 0.5) is 5.82 Å². The zero-order valence-corrected chi connectivity index (χ0v) is 13.9. The smallest absolute Gasteiger partial charge is 0.137 e. The first-order chi connectivity index (χ1) is 8.80. The van der Waals surface area contributed by atoms with Crippen LogP contribution in [0.5, 0.6) is 0 Å². The molecule has 0 N–H and O–H groups in total. The van der Waals surface area contributed by atoms with Gasteiger partial charge in [0.15, 0.2) is 0 Å². The fraction of sp³-hybridized carbons (Fsp3) is 0.714. The number of anilines is 1. The van der Waals surface area contributed by atoms with Crippen LogP contribution in [-0.4, -0.2) is 34.6 Å². The van der Waals surface area contributed by atoms with Gasteiger partial charge in [0.05, 0.1) is 0 Å². The average molecular weight is 300 g/mol. The Bertz CT molecular complexity index is 464. The second-order valence-electron chi connectivity index (χ2n) is 6.16. The van der Waals surface area contributed by atoms with Crippen molar-refractivity contribution < 1.29 is 0 Å². The van der Waals surface area contributed by atoms with E-state index in [2.05, 4.69) is 37.7 Å². The molecular formula is C14H22ClN3S. The van der Waals surface area contributed by atoms with Gasteiger partial charge in [0.1, 0.15) is 16.8 Å². The van der Waals surface area contributed by atoms with Gasteiger partial charge in [0.2, 0.25) is 0 Å². The van der Waals surface area contributed by atoms with Crippen LogP contribution in [0, 0.1) is 6.92 Å². The van der Waals surface area contributed by atoms with Gasteiger partial charge in [-0.05, 0) is 19.1 Å². The molecule has 1 aromatic rings. The lowest BCUT2D eigenvalue weighted by atomic mass is 9.95. The Morgan fingerprint density at radius 3 is 2.53 bits per heavy atom. The minimum atomic E-state index is -0.0860. The Morgan fingerprint density at radius 1 is 1.32 bits per heavy atom. The third kappa shape index (κ3) is 3.16. The highest BCUT2D eigenvalue weighted by Crippen LogP contribution is 2.31. The quantitative estimate of drug-likeness (QED) is 0.779. The standard InChI is InChI=1S/C14H22ClN3S/c1-9-11(15)16-13(14(2,3)4)17-12(9)18(5)10-6-7-19-8-10/h10H,6-8H2,1-5H3. The van der Waals surface area contributed by atoms with Gasteiger partial charge in [0.25, 0.3) is 0 Å². The molecule has 1 aliphatic rings. The van der Waals surface area contributed by atoms with Gasteiger partial charge in [-0.25, -0.2) is 9.97 Å². The van der Waals surface area contributed by atoms with Crippen molar-refractivity contribution in [3.63, 3.8) is 0 Å². The SMILES string of the molecule is Cc1c(Cl)nc(C(C)(C)C)nc1N(C)C1CCSC1. The van der Waals surface area contributed by atoms with Gasteiger partial charge in [-0.2, -0.15) is 11.8 Å². The molecule has 1 saturated heterocycles. The Labute approximate surface area is 125 Å². The summed E-state index contributed by atoms with van der Waals surface area (Å²) in [5.41, 5.74) is 0.895. The molecule has 106 valence electrons. The number of hydrogen-bond donors (Lipinski definition) is 0. The van der Waals surface area contributed by atoms with Crippen LogP contribution in [0.15, 0.2) is 0 Å². The maximum atomic E-state index is 6.29. The second-order valence-corrected chi connectivity index (χ2v) is 7.67. The van der Waals surface area contributed by atoms with Crippen LogP contribution < -0.4 is 4.90 Å². The van der Waals surface area contributed by atoms with Crippen molar-refractivity contribution in [2.45, 2.75) is 45.6 Å². The topological polar surface area (TPSA) is 29.0 Å². The van der Waals surface area contributed by atoms with E-state index in [0.717, 1.165) is 17.2 Å². The lowest BCUT2D eigenvalue weighted by Gasteiger charge is -2.28. The number of thioether (sulfide) groups is 1. The second kappa shape index (κ2) is 5.49. The summed E-state index contributed by atoms with van der Waals surface area (Å²) in [7, 11) is 2.12. The summed E-state index contributed by atoms with van der Waals surface area (Å²) in [6.07, 6.45) is 1.22. The molecule has 1 atom stereocenters. The van der Waals surface area contributed by atoms with Crippen molar-refractivity contribution in [3.8, 4) is 0 Å². The third-order valence-corrected chi connectivity index (χ3v) is 5.03. The molecule has 0 aliphatic carbocycles. The minimum Gasteiger partial charge on any atom is -0.355 e. The molecule has 5 heteroatoms. The van der Waals surface area contributed by atoms with E-state index >= 15 is 0 Å². The summed E-state index contributed by atoms with van der Waals surface area (Å²) in [4.78, 5) is 11.5. The van der Waals surface area contributed by atoms with Crippen LogP contribution in [0.3, 0.4) is 0 Å².